The van der Waals surface area contributed by atoms with Gasteiger partial charge in [-0.1, -0.05) is 6.07 Å². The van der Waals surface area contributed by atoms with E-state index < -0.39 is 17.5 Å². The molecule has 0 radical (unpaired) electrons. The van der Waals surface area contributed by atoms with Gasteiger partial charge in [0, 0.05) is 24.0 Å². The number of anilines is 2. The first-order chi connectivity index (χ1) is 10.1. The fourth-order valence-corrected chi connectivity index (χ4v) is 2.49. The Labute approximate surface area is 121 Å². The molecule has 2 aromatic carbocycles. The van der Waals surface area contributed by atoms with Gasteiger partial charge in [0.1, 0.15) is 11.6 Å². The number of halogens is 2. The molecule has 3 nitrogen and oxygen atoms in total. The first-order valence-corrected chi connectivity index (χ1v) is 6.77. The minimum Gasteiger partial charge on any atom is -0.385 e. The molecule has 108 valence electrons. The van der Waals surface area contributed by atoms with E-state index in [1.54, 1.807) is 6.07 Å². The normalized spacial score (nSPS) is 13.2. The van der Waals surface area contributed by atoms with Crippen molar-refractivity contribution in [2.75, 3.05) is 17.2 Å². The number of fused-ring (bicyclic) bond motifs is 1. The molecule has 1 aliphatic heterocycles. The van der Waals surface area contributed by atoms with Crippen LogP contribution in [0.3, 0.4) is 0 Å². The summed E-state index contributed by atoms with van der Waals surface area (Å²) >= 11 is 0. The molecule has 5 heteroatoms. The van der Waals surface area contributed by atoms with E-state index in [2.05, 4.69) is 10.6 Å². The van der Waals surface area contributed by atoms with Crippen molar-refractivity contribution in [3.05, 3.63) is 59.2 Å². The summed E-state index contributed by atoms with van der Waals surface area (Å²) in [6.07, 6.45) is 1.83. The molecule has 0 aliphatic carbocycles. The first kappa shape index (κ1) is 13.5. The highest BCUT2D eigenvalue weighted by molar-refractivity contribution is 6.05. The highest BCUT2D eigenvalue weighted by Gasteiger charge is 2.17. The Hall–Kier alpha value is -2.43. The molecule has 2 N–H and O–H groups in total. The van der Waals surface area contributed by atoms with Gasteiger partial charge in [0.05, 0.1) is 5.56 Å². The number of amides is 1. The SMILES string of the molecule is O=C(Nc1cccc2c1CCCN2)c1ccc(F)cc1F. The standard InChI is InChI=1S/C16H14F2N2O/c17-10-6-7-11(13(18)9-10)16(21)20-15-5-1-4-14-12(15)3-2-8-19-14/h1,4-7,9,19H,2-3,8H2,(H,20,21). The lowest BCUT2D eigenvalue weighted by molar-refractivity contribution is 0.102. The maximum atomic E-state index is 13.6. The van der Waals surface area contributed by atoms with E-state index in [0.29, 0.717) is 11.8 Å². The van der Waals surface area contributed by atoms with Gasteiger partial charge in [-0.05, 0) is 42.7 Å². The van der Waals surface area contributed by atoms with Crippen LogP contribution in [-0.2, 0) is 6.42 Å². The molecule has 1 amide bonds. The topological polar surface area (TPSA) is 41.1 Å². The van der Waals surface area contributed by atoms with Crippen LogP contribution < -0.4 is 10.6 Å². The van der Waals surface area contributed by atoms with Gasteiger partial charge < -0.3 is 10.6 Å². The number of carbonyl (C=O) groups is 1. The number of hydrogen-bond donors (Lipinski definition) is 2. The first-order valence-electron chi connectivity index (χ1n) is 6.77. The van der Waals surface area contributed by atoms with Gasteiger partial charge in [-0.3, -0.25) is 4.79 Å². The molecular formula is C16H14F2N2O. The van der Waals surface area contributed by atoms with E-state index in [0.717, 1.165) is 42.8 Å². The molecule has 3 rings (SSSR count). The largest absolute Gasteiger partial charge is 0.385 e. The smallest absolute Gasteiger partial charge is 0.258 e. The molecule has 21 heavy (non-hydrogen) atoms. The Balaban J connectivity index is 1.88. The lowest BCUT2D eigenvalue weighted by Crippen LogP contribution is -2.18. The summed E-state index contributed by atoms with van der Waals surface area (Å²) in [4.78, 5) is 12.1. The summed E-state index contributed by atoms with van der Waals surface area (Å²) in [5, 5.41) is 5.97. The molecule has 0 atom stereocenters. The van der Waals surface area contributed by atoms with Crippen LogP contribution in [0.2, 0.25) is 0 Å². The Kier molecular flexibility index (Phi) is 3.56. The Morgan fingerprint density at radius 3 is 2.86 bits per heavy atom. The minimum absolute atomic E-state index is 0.169. The van der Waals surface area contributed by atoms with E-state index in [1.807, 2.05) is 12.1 Å². The van der Waals surface area contributed by atoms with Crippen molar-refractivity contribution in [1.82, 2.24) is 0 Å². The Morgan fingerprint density at radius 1 is 1.19 bits per heavy atom. The quantitative estimate of drug-likeness (QED) is 0.887. The molecule has 0 saturated heterocycles. The average molecular weight is 288 g/mol. The Bertz CT molecular complexity index is 701. The van der Waals surface area contributed by atoms with E-state index in [4.69, 9.17) is 0 Å². The molecule has 0 aromatic heterocycles. The minimum atomic E-state index is -0.865. The van der Waals surface area contributed by atoms with Crippen molar-refractivity contribution in [2.24, 2.45) is 0 Å². The molecule has 2 aromatic rings. The van der Waals surface area contributed by atoms with Gasteiger partial charge in [0.2, 0.25) is 0 Å². The maximum Gasteiger partial charge on any atom is 0.258 e. The summed E-state index contributed by atoms with van der Waals surface area (Å²) in [6, 6.07) is 8.48. The highest BCUT2D eigenvalue weighted by Crippen LogP contribution is 2.29. The predicted octanol–water partition coefficient (Wildman–Crippen LogP) is 3.58. The van der Waals surface area contributed by atoms with Crippen molar-refractivity contribution >= 4 is 17.3 Å². The van der Waals surface area contributed by atoms with E-state index in [9.17, 15) is 13.6 Å². The third kappa shape index (κ3) is 2.72. The van der Waals surface area contributed by atoms with Crippen molar-refractivity contribution in [2.45, 2.75) is 12.8 Å². The van der Waals surface area contributed by atoms with Crippen molar-refractivity contribution in [3.8, 4) is 0 Å². The van der Waals surface area contributed by atoms with Crippen LogP contribution in [0, 0.1) is 11.6 Å². The van der Waals surface area contributed by atoms with E-state index in [-0.39, 0.29) is 5.56 Å². The zero-order valence-electron chi connectivity index (χ0n) is 11.2. The predicted molar refractivity (Wildman–Crippen MR) is 77.6 cm³/mol. The second-order valence-corrected chi connectivity index (χ2v) is 4.94. The molecule has 0 spiro atoms. The van der Waals surface area contributed by atoms with Crippen LogP contribution in [0.5, 0.6) is 0 Å². The summed E-state index contributed by atoms with van der Waals surface area (Å²) < 4.78 is 26.5. The molecule has 0 fully saturated rings. The fraction of sp³-hybridized carbons (Fsp3) is 0.188. The van der Waals surface area contributed by atoms with Crippen LogP contribution in [-0.4, -0.2) is 12.5 Å². The lowest BCUT2D eigenvalue weighted by Gasteiger charge is -2.21. The number of nitrogens with one attached hydrogen (secondary N) is 2. The zero-order chi connectivity index (χ0) is 14.8. The van der Waals surface area contributed by atoms with Crippen LogP contribution >= 0.6 is 0 Å². The summed E-state index contributed by atoms with van der Waals surface area (Å²) in [5.74, 6) is -2.15. The number of benzene rings is 2. The molecule has 0 unspecified atom stereocenters. The number of hydrogen-bond acceptors (Lipinski definition) is 2. The molecule has 1 heterocycles. The van der Waals surface area contributed by atoms with Crippen LogP contribution in [0.1, 0.15) is 22.3 Å². The van der Waals surface area contributed by atoms with Gasteiger partial charge in [-0.15, -0.1) is 0 Å². The maximum absolute atomic E-state index is 13.6. The summed E-state index contributed by atoms with van der Waals surface area (Å²) in [5.41, 5.74) is 2.49. The Morgan fingerprint density at radius 2 is 2.05 bits per heavy atom. The third-order valence-corrected chi connectivity index (χ3v) is 3.52. The van der Waals surface area contributed by atoms with Gasteiger partial charge in [0.25, 0.3) is 5.91 Å². The van der Waals surface area contributed by atoms with Crippen LogP contribution in [0.25, 0.3) is 0 Å². The summed E-state index contributed by atoms with van der Waals surface area (Å²) in [6.45, 7) is 0.900. The summed E-state index contributed by atoms with van der Waals surface area (Å²) in [7, 11) is 0. The van der Waals surface area contributed by atoms with Crippen LogP contribution in [0.4, 0.5) is 20.2 Å². The highest BCUT2D eigenvalue weighted by atomic mass is 19.1. The van der Waals surface area contributed by atoms with Gasteiger partial charge >= 0.3 is 0 Å². The third-order valence-electron chi connectivity index (χ3n) is 3.52. The molecular weight excluding hydrogens is 274 g/mol. The zero-order valence-corrected chi connectivity index (χ0v) is 11.2. The van der Waals surface area contributed by atoms with E-state index >= 15 is 0 Å². The average Bonchev–Trinajstić information content (AvgIpc) is 2.47. The number of rotatable bonds is 2. The second-order valence-electron chi connectivity index (χ2n) is 4.94. The molecule has 0 saturated carbocycles. The fourth-order valence-electron chi connectivity index (χ4n) is 2.49. The van der Waals surface area contributed by atoms with E-state index in [1.165, 1.54) is 0 Å². The van der Waals surface area contributed by atoms with Gasteiger partial charge in [-0.2, -0.15) is 0 Å². The second kappa shape index (κ2) is 5.52. The van der Waals surface area contributed by atoms with Crippen molar-refractivity contribution in [3.63, 3.8) is 0 Å². The number of carbonyl (C=O) groups excluding carboxylic acids is 1. The van der Waals surface area contributed by atoms with Gasteiger partial charge in [0.15, 0.2) is 0 Å². The van der Waals surface area contributed by atoms with Crippen molar-refractivity contribution < 1.29 is 13.6 Å². The lowest BCUT2D eigenvalue weighted by atomic mass is 10.0. The molecule has 1 aliphatic rings. The molecule has 0 bridgehead atoms. The monoisotopic (exact) mass is 288 g/mol. The van der Waals surface area contributed by atoms with Crippen LogP contribution in [0.15, 0.2) is 36.4 Å². The van der Waals surface area contributed by atoms with Gasteiger partial charge in [-0.25, -0.2) is 8.78 Å². The van der Waals surface area contributed by atoms with Crippen molar-refractivity contribution in [1.29, 1.82) is 0 Å².